The van der Waals surface area contributed by atoms with E-state index in [1.165, 1.54) is 5.56 Å². The Hall–Kier alpha value is -2.47. The minimum absolute atomic E-state index is 0.129. The largest absolute Gasteiger partial charge is 0.482 e. The van der Waals surface area contributed by atoms with Crippen LogP contribution in [0.1, 0.15) is 30.1 Å². The molecule has 1 unspecified atom stereocenters. The molecule has 6 heteroatoms. The number of piperazine rings is 1. The van der Waals surface area contributed by atoms with Crippen molar-refractivity contribution < 1.29 is 9.53 Å². The quantitative estimate of drug-likeness (QED) is 0.851. The number of carbonyl (C=O) groups excluding carboxylic acids is 1. The summed E-state index contributed by atoms with van der Waals surface area (Å²) in [7, 11) is 0. The second-order valence-electron chi connectivity index (χ2n) is 6.51. The summed E-state index contributed by atoms with van der Waals surface area (Å²) < 4.78 is 5.98. The van der Waals surface area contributed by atoms with Crippen LogP contribution in [0, 0.1) is 0 Å². The minimum atomic E-state index is -0.129. The number of benzene rings is 1. The highest BCUT2D eigenvalue weighted by Gasteiger charge is 2.27. The lowest BCUT2D eigenvalue weighted by atomic mass is 10.1. The number of ether oxygens (including phenoxy) is 1. The molecule has 6 nitrogen and oxygen atoms in total. The van der Waals surface area contributed by atoms with Gasteiger partial charge in [0.1, 0.15) is 5.75 Å². The number of carbonyl (C=O) groups is 1. The zero-order valence-corrected chi connectivity index (χ0v) is 14.4. The molecule has 1 saturated heterocycles. The molecule has 1 aromatic heterocycles. The predicted molar refractivity (Wildman–Crippen MR) is 93.1 cm³/mol. The molecule has 1 aromatic carbocycles. The van der Waals surface area contributed by atoms with Crippen LogP contribution < -0.4 is 4.74 Å². The molecule has 0 radical (unpaired) electrons. The fraction of sp³-hybridized carbons (Fsp3) is 0.421. The van der Waals surface area contributed by atoms with Crippen LogP contribution in [-0.4, -0.2) is 51.9 Å². The van der Waals surface area contributed by atoms with Gasteiger partial charge in [0.05, 0.1) is 12.2 Å². The average Bonchev–Trinajstić information content (AvgIpc) is 3.06. The molecule has 0 N–H and O–H groups in total. The molecule has 0 aliphatic carbocycles. The molecular formula is C19H22N4O2. The monoisotopic (exact) mass is 338 g/mol. The van der Waals surface area contributed by atoms with Gasteiger partial charge >= 0.3 is 0 Å². The summed E-state index contributed by atoms with van der Waals surface area (Å²) in [5.41, 5.74) is 2.13. The van der Waals surface area contributed by atoms with E-state index in [2.05, 4.69) is 16.0 Å². The van der Waals surface area contributed by atoms with E-state index < -0.39 is 0 Å². The van der Waals surface area contributed by atoms with Gasteiger partial charge in [-0.3, -0.25) is 9.69 Å². The first-order valence-electron chi connectivity index (χ1n) is 8.79. The molecule has 4 rings (SSSR count). The normalized spacial score (nSPS) is 20.4. The second kappa shape index (κ2) is 6.80. The number of nitrogens with zero attached hydrogens (tertiary/aromatic N) is 4. The van der Waals surface area contributed by atoms with Gasteiger partial charge in [0.25, 0.3) is 0 Å². The van der Waals surface area contributed by atoms with Gasteiger partial charge < -0.3 is 9.64 Å². The first kappa shape index (κ1) is 16.0. The lowest BCUT2D eigenvalue weighted by Gasteiger charge is -2.33. The van der Waals surface area contributed by atoms with E-state index >= 15 is 0 Å². The molecule has 2 aromatic rings. The molecule has 0 saturated carbocycles. The molecule has 25 heavy (non-hydrogen) atoms. The van der Waals surface area contributed by atoms with Gasteiger partial charge in [-0.15, -0.1) is 0 Å². The first-order chi connectivity index (χ1) is 12.2. The topological polar surface area (TPSA) is 58.6 Å². The van der Waals surface area contributed by atoms with Crippen LogP contribution in [0.15, 0.2) is 36.5 Å². The van der Waals surface area contributed by atoms with Crippen LogP contribution in [0.4, 0.5) is 0 Å². The van der Waals surface area contributed by atoms with Crippen LogP contribution in [0.2, 0.25) is 0 Å². The van der Waals surface area contributed by atoms with Gasteiger partial charge in [-0.25, -0.2) is 9.97 Å². The highest BCUT2D eigenvalue weighted by atomic mass is 16.5. The molecule has 0 spiro atoms. The maximum absolute atomic E-state index is 12.1. The number of aromatic nitrogens is 2. The Bertz CT molecular complexity index is 755. The zero-order chi connectivity index (χ0) is 17.2. The number of rotatable bonds is 4. The molecule has 2 aliphatic rings. The number of hydrogen-bond acceptors (Lipinski definition) is 5. The van der Waals surface area contributed by atoms with Crippen molar-refractivity contribution in [2.45, 2.75) is 26.0 Å². The van der Waals surface area contributed by atoms with Crippen molar-refractivity contribution in [2.24, 2.45) is 0 Å². The van der Waals surface area contributed by atoms with Crippen molar-refractivity contribution in [1.29, 1.82) is 0 Å². The van der Waals surface area contributed by atoms with Crippen LogP contribution in [0.5, 0.6) is 5.75 Å². The van der Waals surface area contributed by atoms with Gasteiger partial charge in [-0.1, -0.05) is 18.2 Å². The second-order valence-corrected chi connectivity index (χ2v) is 6.51. The van der Waals surface area contributed by atoms with Gasteiger partial charge in [-0.05, 0) is 24.6 Å². The van der Waals surface area contributed by atoms with E-state index in [0.717, 1.165) is 37.5 Å². The summed E-state index contributed by atoms with van der Waals surface area (Å²) in [6.07, 6.45) is 2.46. The third-order valence-electron chi connectivity index (χ3n) is 4.83. The van der Waals surface area contributed by atoms with Crippen LogP contribution in [0.25, 0.3) is 0 Å². The molecule has 1 amide bonds. The van der Waals surface area contributed by atoms with Gasteiger partial charge in [-0.2, -0.15) is 0 Å². The molecule has 2 aliphatic heterocycles. The van der Waals surface area contributed by atoms with Crippen LogP contribution in [-0.2, 0) is 17.8 Å². The zero-order valence-electron chi connectivity index (χ0n) is 14.4. The van der Waals surface area contributed by atoms with E-state index in [9.17, 15) is 4.79 Å². The summed E-state index contributed by atoms with van der Waals surface area (Å²) >= 11 is 0. The summed E-state index contributed by atoms with van der Waals surface area (Å²) in [4.78, 5) is 25.2. The maximum Gasteiger partial charge on any atom is 0.236 e. The van der Waals surface area contributed by atoms with E-state index in [1.807, 2.05) is 36.1 Å². The summed E-state index contributed by atoms with van der Waals surface area (Å²) in [6.45, 7) is 5.59. The van der Waals surface area contributed by atoms with Crippen molar-refractivity contribution >= 4 is 5.91 Å². The standard InChI is InChI=1S/C19H22N4O2/c1-2-23-10-9-22(13-18(23)24)12-15-7-8-20-19(21-15)17-11-14-5-3-4-6-16(14)25-17/h3-8,17H,2,9-13H2,1H3. The number of amides is 1. The number of para-hydroxylation sites is 1. The number of fused-ring (bicyclic) bond motifs is 1. The molecular weight excluding hydrogens is 316 g/mol. The van der Waals surface area contributed by atoms with Crippen molar-refractivity contribution in [2.75, 3.05) is 26.2 Å². The molecule has 1 atom stereocenters. The summed E-state index contributed by atoms with van der Waals surface area (Å²) in [5.74, 6) is 1.83. The Labute approximate surface area is 147 Å². The number of likely N-dealkylation sites (N-methyl/N-ethyl adjacent to an activating group) is 1. The predicted octanol–water partition coefficient (Wildman–Crippen LogP) is 1.82. The number of hydrogen-bond donors (Lipinski definition) is 0. The Morgan fingerprint density at radius 1 is 1.24 bits per heavy atom. The van der Waals surface area contributed by atoms with E-state index in [1.54, 1.807) is 6.20 Å². The fourth-order valence-corrected chi connectivity index (χ4v) is 3.44. The van der Waals surface area contributed by atoms with Gasteiger partial charge in [0.2, 0.25) is 5.91 Å². The highest BCUT2D eigenvalue weighted by molar-refractivity contribution is 5.78. The van der Waals surface area contributed by atoms with E-state index in [0.29, 0.717) is 18.9 Å². The van der Waals surface area contributed by atoms with Crippen molar-refractivity contribution in [3.05, 3.63) is 53.6 Å². The third-order valence-corrected chi connectivity index (χ3v) is 4.83. The lowest BCUT2D eigenvalue weighted by molar-refractivity contribution is -0.135. The van der Waals surface area contributed by atoms with E-state index in [-0.39, 0.29) is 12.0 Å². The van der Waals surface area contributed by atoms with E-state index in [4.69, 9.17) is 9.72 Å². The minimum Gasteiger partial charge on any atom is -0.482 e. The first-order valence-corrected chi connectivity index (χ1v) is 8.79. The highest BCUT2D eigenvalue weighted by Crippen LogP contribution is 2.34. The molecule has 0 bridgehead atoms. The SMILES string of the molecule is CCN1CCN(Cc2ccnc(C3Cc4ccccc4O3)n2)CC1=O. The van der Waals surface area contributed by atoms with Crippen molar-refractivity contribution in [3.8, 4) is 5.75 Å². The Morgan fingerprint density at radius 2 is 2.12 bits per heavy atom. The average molecular weight is 338 g/mol. The Balaban J connectivity index is 1.43. The Morgan fingerprint density at radius 3 is 2.92 bits per heavy atom. The molecule has 1 fully saturated rings. The maximum atomic E-state index is 12.1. The smallest absolute Gasteiger partial charge is 0.236 e. The van der Waals surface area contributed by atoms with Crippen molar-refractivity contribution in [3.63, 3.8) is 0 Å². The lowest BCUT2D eigenvalue weighted by Crippen LogP contribution is -2.49. The summed E-state index contributed by atoms with van der Waals surface area (Å²) in [6, 6.07) is 9.98. The van der Waals surface area contributed by atoms with Crippen LogP contribution in [0.3, 0.4) is 0 Å². The fourth-order valence-electron chi connectivity index (χ4n) is 3.44. The van der Waals surface area contributed by atoms with Crippen molar-refractivity contribution in [1.82, 2.24) is 19.8 Å². The third kappa shape index (κ3) is 3.35. The molecule has 130 valence electrons. The van der Waals surface area contributed by atoms with Gasteiger partial charge in [0.15, 0.2) is 11.9 Å². The summed E-state index contributed by atoms with van der Waals surface area (Å²) in [5, 5.41) is 0. The molecule has 3 heterocycles. The van der Waals surface area contributed by atoms with Crippen LogP contribution >= 0.6 is 0 Å². The Kier molecular flexibility index (Phi) is 4.36. The van der Waals surface area contributed by atoms with Gasteiger partial charge in [0, 0.05) is 38.8 Å².